The van der Waals surface area contributed by atoms with E-state index in [1.165, 1.54) is 44.9 Å². The third kappa shape index (κ3) is 1.86. The van der Waals surface area contributed by atoms with Crippen LogP contribution in [-0.2, 0) is 0 Å². The Labute approximate surface area is 96.4 Å². The van der Waals surface area contributed by atoms with E-state index >= 15 is 0 Å². The summed E-state index contributed by atoms with van der Waals surface area (Å²) in [6.45, 7) is 1.14. The highest BCUT2D eigenvalue weighted by Gasteiger charge is 2.37. The molecule has 1 aromatic heterocycles. The van der Waals surface area contributed by atoms with Gasteiger partial charge in [-0.25, -0.2) is 0 Å². The van der Waals surface area contributed by atoms with Gasteiger partial charge in [-0.1, -0.05) is 19.3 Å². The van der Waals surface area contributed by atoms with Gasteiger partial charge in [-0.05, 0) is 32.2 Å². The number of nitrogens with one attached hydrogen (secondary N) is 1. The molecule has 0 bridgehead atoms. The lowest BCUT2D eigenvalue weighted by Crippen LogP contribution is -2.52. The molecule has 1 aliphatic heterocycles. The molecule has 16 heavy (non-hydrogen) atoms. The van der Waals surface area contributed by atoms with Crippen LogP contribution in [0.15, 0.2) is 12.7 Å². The van der Waals surface area contributed by atoms with Crippen molar-refractivity contribution in [2.24, 2.45) is 0 Å². The molecule has 88 valence electrons. The van der Waals surface area contributed by atoms with Crippen LogP contribution in [-0.4, -0.2) is 26.8 Å². The summed E-state index contributed by atoms with van der Waals surface area (Å²) in [4.78, 5) is 0. The zero-order valence-electron chi connectivity index (χ0n) is 9.73. The van der Waals surface area contributed by atoms with Crippen molar-refractivity contribution < 1.29 is 0 Å². The van der Waals surface area contributed by atoms with Gasteiger partial charge in [0.2, 0.25) is 0 Å². The first-order valence-corrected chi connectivity index (χ1v) is 6.47. The first kappa shape index (κ1) is 10.3. The Morgan fingerprint density at radius 1 is 1.12 bits per heavy atom. The number of rotatable bonds is 1. The minimum absolute atomic E-state index is 0.422. The minimum atomic E-state index is 0.422. The summed E-state index contributed by atoms with van der Waals surface area (Å²) in [5.74, 6) is 0. The van der Waals surface area contributed by atoms with E-state index in [-0.39, 0.29) is 0 Å². The van der Waals surface area contributed by atoms with E-state index < -0.39 is 0 Å². The summed E-state index contributed by atoms with van der Waals surface area (Å²) in [6.07, 6.45) is 13.1. The Hall–Kier alpha value is -0.900. The Bertz CT molecular complexity index is 321. The maximum Gasteiger partial charge on any atom is 0.119 e. The first-order valence-electron chi connectivity index (χ1n) is 6.47. The number of hydrogen-bond acceptors (Lipinski definition) is 3. The quantitative estimate of drug-likeness (QED) is 0.786. The van der Waals surface area contributed by atoms with Crippen LogP contribution >= 0.6 is 0 Å². The van der Waals surface area contributed by atoms with Crippen molar-refractivity contribution in [3.63, 3.8) is 0 Å². The molecular weight excluding hydrogens is 200 g/mol. The molecule has 2 heterocycles. The third-order valence-corrected chi connectivity index (χ3v) is 4.27. The maximum atomic E-state index is 3.92. The molecule has 1 N–H and O–H groups in total. The van der Waals surface area contributed by atoms with Gasteiger partial charge in [0.15, 0.2) is 0 Å². The van der Waals surface area contributed by atoms with Crippen LogP contribution < -0.4 is 5.32 Å². The largest absolute Gasteiger partial charge is 0.317 e. The van der Waals surface area contributed by atoms with Gasteiger partial charge in [-0.2, -0.15) is 0 Å². The van der Waals surface area contributed by atoms with Crippen molar-refractivity contribution in [3.8, 4) is 0 Å². The van der Waals surface area contributed by atoms with Crippen LogP contribution in [0.1, 0.15) is 51.0 Å². The summed E-state index contributed by atoms with van der Waals surface area (Å²) in [6, 6.07) is 0.606. The van der Waals surface area contributed by atoms with E-state index in [0.717, 1.165) is 6.54 Å². The Morgan fingerprint density at radius 2 is 1.88 bits per heavy atom. The molecule has 0 aromatic carbocycles. The van der Waals surface area contributed by atoms with E-state index in [0.29, 0.717) is 11.6 Å². The standard InChI is InChI=1S/C12H20N4/c1-2-5-12(6-3-1)8-11(4-7-13-12)16-9-14-15-10-16/h9-11,13H,1-8H2. The summed E-state index contributed by atoms with van der Waals surface area (Å²) in [5.41, 5.74) is 0.422. The molecule has 1 aromatic rings. The van der Waals surface area contributed by atoms with Crippen LogP contribution in [0.4, 0.5) is 0 Å². The fourth-order valence-corrected chi connectivity index (χ4v) is 3.39. The lowest BCUT2D eigenvalue weighted by atomic mass is 9.75. The van der Waals surface area contributed by atoms with Gasteiger partial charge in [0.25, 0.3) is 0 Å². The number of nitrogens with zero attached hydrogens (tertiary/aromatic N) is 3. The maximum absolute atomic E-state index is 3.92. The molecule has 4 nitrogen and oxygen atoms in total. The van der Waals surface area contributed by atoms with Crippen LogP contribution in [0.3, 0.4) is 0 Å². The molecule has 4 heteroatoms. The van der Waals surface area contributed by atoms with Crippen molar-refractivity contribution in [1.29, 1.82) is 0 Å². The molecule has 1 saturated carbocycles. The molecule has 3 rings (SSSR count). The predicted octanol–water partition coefficient (Wildman–Crippen LogP) is 1.91. The lowest BCUT2D eigenvalue weighted by Gasteiger charge is -2.44. The van der Waals surface area contributed by atoms with Gasteiger partial charge >= 0.3 is 0 Å². The second-order valence-electron chi connectivity index (χ2n) is 5.32. The number of piperidine rings is 1. The highest BCUT2D eigenvalue weighted by molar-refractivity contribution is 4.97. The van der Waals surface area contributed by atoms with E-state index in [2.05, 4.69) is 20.1 Å². The van der Waals surface area contributed by atoms with Gasteiger partial charge in [0.05, 0.1) is 0 Å². The third-order valence-electron chi connectivity index (χ3n) is 4.27. The molecule has 0 amide bonds. The molecule has 2 fully saturated rings. The van der Waals surface area contributed by atoms with Crippen molar-refractivity contribution in [3.05, 3.63) is 12.7 Å². The van der Waals surface area contributed by atoms with E-state index in [9.17, 15) is 0 Å². The molecule has 1 unspecified atom stereocenters. The van der Waals surface area contributed by atoms with E-state index in [1.807, 2.05) is 12.7 Å². The van der Waals surface area contributed by atoms with Gasteiger partial charge in [-0.3, -0.25) is 0 Å². The second-order valence-corrected chi connectivity index (χ2v) is 5.32. The summed E-state index contributed by atoms with van der Waals surface area (Å²) < 4.78 is 2.19. The normalized spacial score (nSPS) is 29.4. The Balaban J connectivity index is 1.74. The summed E-state index contributed by atoms with van der Waals surface area (Å²) in [5, 5.41) is 11.6. The highest BCUT2D eigenvalue weighted by atomic mass is 15.2. The van der Waals surface area contributed by atoms with Gasteiger partial charge in [-0.15, -0.1) is 10.2 Å². The molecule has 1 aliphatic carbocycles. The second kappa shape index (κ2) is 4.17. The molecular formula is C12H20N4. The fraction of sp³-hybridized carbons (Fsp3) is 0.833. The van der Waals surface area contributed by atoms with Crippen LogP contribution in [0.2, 0.25) is 0 Å². The molecule has 2 aliphatic rings. The molecule has 1 spiro atoms. The van der Waals surface area contributed by atoms with Crippen LogP contribution in [0.25, 0.3) is 0 Å². The lowest BCUT2D eigenvalue weighted by molar-refractivity contribution is 0.146. The monoisotopic (exact) mass is 220 g/mol. The zero-order chi connectivity index (χ0) is 10.8. The van der Waals surface area contributed by atoms with Crippen molar-refractivity contribution in [2.45, 2.75) is 56.5 Å². The Kier molecular flexibility index (Phi) is 2.67. The first-order chi connectivity index (χ1) is 7.88. The summed E-state index contributed by atoms with van der Waals surface area (Å²) in [7, 11) is 0. The number of hydrogen-bond donors (Lipinski definition) is 1. The zero-order valence-corrected chi connectivity index (χ0v) is 9.73. The van der Waals surface area contributed by atoms with Gasteiger partial charge in [0.1, 0.15) is 12.7 Å². The van der Waals surface area contributed by atoms with Crippen molar-refractivity contribution >= 4 is 0 Å². The van der Waals surface area contributed by atoms with Gasteiger partial charge < -0.3 is 9.88 Å². The molecule has 1 saturated heterocycles. The Morgan fingerprint density at radius 3 is 2.62 bits per heavy atom. The summed E-state index contributed by atoms with van der Waals surface area (Å²) >= 11 is 0. The average Bonchev–Trinajstić information content (AvgIpc) is 2.83. The predicted molar refractivity (Wildman–Crippen MR) is 62.1 cm³/mol. The van der Waals surface area contributed by atoms with Crippen molar-refractivity contribution in [1.82, 2.24) is 20.1 Å². The highest BCUT2D eigenvalue weighted by Crippen LogP contribution is 2.38. The molecule has 0 radical (unpaired) electrons. The van der Waals surface area contributed by atoms with Crippen LogP contribution in [0, 0.1) is 0 Å². The topological polar surface area (TPSA) is 42.7 Å². The number of aromatic nitrogens is 3. The molecule has 1 atom stereocenters. The average molecular weight is 220 g/mol. The fourth-order valence-electron chi connectivity index (χ4n) is 3.39. The van der Waals surface area contributed by atoms with Crippen LogP contribution in [0.5, 0.6) is 0 Å². The van der Waals surface area contributed by atoms with E-state index in [1.54, 1.807) is 0 Å². The van der Waals surface area contributed by atoms with Crippen molar-refractivity contribution in [2.75, 3.05) is 6.54 Å². The van der Waals surface area contributed by atoms with E-state index in [4.69, 9.17) is 0 Å². The smallest absolute Gasteiger partial charge is 0.119 e. The van der Waals surface area contributed by atoms with Gasteiger partial charge in [0, 0.05) is 11.6 Å². The minimum Gasteiger partial charge on any atom is -0.317 e. The SMILES string of the molecule is c1nncn1C1CCNC2(CCCCC2)C1.